The summed E-state index contributed by atoms with van der Waals surface area (Å²) in [7, 11) is 0. The number of hydrogen-bond acceptors (Lipinski definition) is 1. The second-order valence-electron chi connectivity index (χ2n) is 3.03. The van der Waals surface area contributed by atoms with E-state index in [-0.39, 0.29) is 0 Å². The highest BCUT2D eigenvalue weighted by Gasteiger charge is 2.01. The first kappa shape index (κ1) is 9.72. The molecule has 0 aliphatic rings. The lowest BCUT2D eigenvalue weighted by Crippen LogP contribution is -1.89. The maximum absolute atomic E-state index is 10.8. The molecule has 1 rings (SSSR count). The van der Waals surface area contributed by atoms with Gasteiger partial charge in [-0.1, -0.05) is 42.8 Å². The molecule has 0 aromatic heterocycles. The molecule has 1 heteroatoms. The van der Waals surface area contributed by atoms with Crippen molar-refractivity contribution in [3.05, 3.63) is 41.5 Å². The summed E-state index contributed by atoms with van der Waals surface area (Å²) in [6, 6.07) is 9.77. The highest BCUT2D eigenvalue weighted by atomic mass is 16.1. The van der Waals surface area contributed by atoms with Crippen LogP contribution in [0.1, 0.15) is 25.8 Å². The quantitative estimate of drug-likeness (QED) is 0.508. The number of carbonyl (C=O) groups is 1. The van der Waals surface area contributed by atoms with Crippen LogP contribution in [0.25, 0.3) is 5.57 Å². The lowest BCUT2D eigenvalue weighted by atomic mass is 10.0. The molecule has 0 radical (unpaired) electrons. The van der Waals surface area contributed by atoms with Crippen molar-refractivity contribution in [2.45, 2.75) is 20.3 Å². The molecule has 0 aliphatic heterocycles. The van der Waals surface area contributed by atoms with Gasteiger partial charge in [-0.25, -0.2) is 0 Å². The number of allylic oxidation sites excluding steroid dienone is 2. The average Bonchev–Trinajstić information content (AvgIpc) is 2.20. The molecule has 0 unspecified atom stereocenters. The third-order valence-corrected chi connectivity index (χ3v) is 2.19. The fourth-order valence-corrected chi connectivity index (χ4v) is 1.22. The summed E-state index contributed by atoms with van der Waals surface area (Å²) in [6.45, 7) is 4.05. The number of hydrogen-bond donors (Lipinski definition) is 0. The van der Waals surface area contributed by atoms with Crippen molar-refractivity contribution in [2.75, 3.05) is 0 Å². The Labute approximate surface area is 79.1 Å². The third-order valence-electron chi connectivity index (χ3n) is 2.19. The normalized spacial score (nSPS) is 12.2. The number of rotatable bonds is 3. The Hall–Kier alpha value is -1.37. The molecular weight excluding hydrogens is 160 g/mol. The summed E-state index contributed by atoms with van der Waals surface area (Å²) in [4.78, 5) is 10.8. The van der Waals surface area contributed by atoms with Crippen molar-refractivity contribution in [1.29, 1.82) is 0 Å². The molecule has 0 bridgehead atoms. The van der Waals surface area contributed by atoms with E-state index in [4.69, 9.17) is 0 Å². The van der Waals surface area contributed by atoms with Gasteiger partial charge >= 0.3 is 0 Å². The first-order valence-corrected chi connectivity index (χ1v) is 4.50. The van der Waals surface area contributed by atoms with E-state index < -0.39 is 0 Å². The summed E-state index contributed by atoms with van der Waals surface area (Å²) in [6.07, 6.45) is 1.86. The first-order valence-electron chi connectivity index (χ1n) is 4.50. The Morgan fingerprint density at radius 2 is 1.92 bits per heavy atom. The van der Waals surface area contributed by atoms with Crippen LogP contribution in [-0.4, -0.2) is 6.29 Å². The molecular formula is C12H14O. The first-order chi connectivity index (χ1) is 6.29. The Balaban J connectivity index is 3.12. The zero-order valence-corrected chi connectivity index (χ0v) is 8.08. The van der Waals surface area contributed by atoms with Crippen LogP contribution in [0.4, 0.5) is 0 Å². The van der Waals surface area contributed by atoms with Crippen molar-refractivity contribution in [2.24, 2.45) is 0 Å². The Bertz CT molecular complexity index is 309. The second kappa shape index (κ2) is 4.61. The van der Waals surface area contributed by atoms with E-state index in [1.807, 2.05) is 37.3 Å². The molecule has 1 aromatic carbocycles. The van der Waals surface area contributed by atoms with Crippen LogP contribution in [0.2, 0.25) is 0 Å². The molecule has 0 atom stereocenters. The average molecular weight is 174 g/mol. The van der Waals surface area contributed by atoms with Gasteiger partial charge in [0.05, 0.1) is 0 Å². The van der Waals surface area contributed by atoms with Gasteiger partial charge in [0, 0.05) is 5.57 Å². The highest BCUT2D eigenvalue weighted by Crippen LogP contribution is 2.17. The molecule has 0 saturated carbocycles. The van der Waals surface area contributed by atoms with E-state index in [1.165, 1.54) is 0 Å². The summed E-state index contributed by atoms with van der Waals surface area (Å²) >= 11 is 0. The van der Waals surface area contributed by atoms with E-state index in [0.29, 0.717) is 0 Å². The lowest BCUT2D eigenvalue weighted by molar-refractivity contribution is -0.103. The fraction of sp³-hybridized carbons (Fsp3) is 0.250. The van der Waals surface area contributed by atoms with Crippen LogP contribution in [0.5, 0.6) is 0 Å². The third kappa shape index (κ3) is 2.28. The van der Waals surface area contributed by atoms with Crippen molar-refractivity contribution >= 4 is 11.9 Å². The minimum Gasteiger partial charge on any atom is -0.298 e. The van der Waals surface area contributed by atoms with E-state index >= 15 is 0 Å². The largest absolute Gasteiger partial charge is 0.298 e. The van der Waals surface area contributed by atoms with E-state index in [9.17, 15) is 4.79 Å². The SMILES string of the molecule is CC/C(C)=C(\C=O)c1ccccc1. The molecule has 0 fully saturated rings. The van der Waals surface area contributed by atoms with Crippen LogP contribution in [-0.2, 0) is 4.79 Å². The predicted octanol–water partition coefficient (Wildman–Crippen LogP) is 3.07. The van der Waals surface area contributed by atoms with Crippen LogP contribution in [0, 0.1) is 0 Å². The molecule has 1 aromatic rings. The lowest BCUT2D eigenvalue weighted by Gasteiger charge is -2.03. The van der Waals surface area contributed by atoms with Gasteiger partial charge in [0.25, 0.3) is 0 Å². The van der Waals surface area contributed by atoms with E-state index in [2.05, 4.69) is 6.92 Å². The van der Waals surface area contributed by atoms with Gasteiger partial charge in [0.15, 0.2) is 6.29 Å². The highest BCUT2D eigenvalue weighted by molar-refractivity contribution is 6.08. The smallest absolute Gasteiger partial charge is 0.150 e. The Kier molecular flexibility index (Phi) is 3.44. The number of aldehydes is 1. The van der Waals surface area contributed by atoms with Gasteiger partial charge in [-0.05, 0) is 18.9 Å². The maximum atomic E-state index is 10.8. The summed E-state index contributed by atoms with van der Waals surface area (Å²) in [5.41, 5.74) is 2.97. The van der Waals surface area contributed by atoms with Crippen LogP contribution in [0.15, 0.2) is 35.9 Å². The van der Waals surface area contributed by atoms with Gasteiger partial charge in [0.2, 0.25) is 0 Å². The van der Waals surface area contributed by atoms with Gasteiger partial charge in [-0.2, -0.15) is 0 Å². The van der Waals surface area contributed by atoms with Gasteiger partial charge in [-0.3, -0.25) is 4.79 Å². The summed E-state index contributed by atoms with van der Waals surface area (Å²) in [5, 5.41) is 0. The molecule has 1 nitrogen and oxygen atoms in total. The summed E-state index contributed by atoms with van der Waals surface area (Å²) < 4.78 is 0. The summed E-state index contributed by atoms with van der Waals surface area (Å²) in [5.74, 6) is 0. The minimum atomic E-state index is 0.822. The molecule has 0 heterocycles. The Morgan fingerprint density at radius 3 is 2.38 bits per heavy atom. The zero-order chi connectivity index (χ0) is 9.68. The minimum absolute atomic E-state index is 0.822. The topological polar surface area (TPSA) is 17.1 Å². The molecule has 68 valence electrons. The second-order valence-corrected chi connectivity index (χ2v) is 3.03. The number of benzene rings is 1. The fourth-order valence-electron chi connectivity index (χ4n) is 1.22. The van der Waals surface area contributed by atoms with Crippen molar-refractivity contribution in [1.82, 2.24) is 0 Å². The van der Waals surface area contributed by atoms with Crippen LogP contribution in [0.3, 0.4) is 0 Å². The van der Waals surface area contributed by atoms with E-state index in [0.717, 1.165) is 29.4 Å². The van der Waals surface area contributed by atoms with Crippen molar-refractivity contribution < 1.29 is 4.79 Å². The van der Waals surface area contributed by atoms with Gasteiger partial charge < -0.3 is 0 Å². The maximum Gasteiger partial charge on any atom is 0.150 e. The van der Waals surface area contributed by atoms with Crippen LogP contribution < -0.4 is 0 Å². The molecule has 0 amide bonds. The molecule has 0 aliphatic carbocycles. The van der Waals surface area contributed by atoms with Gasteiger partial charge in [-0.15, -0.1) is 0 Å². The molecule has 13 heavy (non-hydrogen) atoms. The van der Waals surface area contributed by atoms with Gasteiger partial charge in [0.1, 0.15) is 0 Å². The predicted molar refractivity (Wildman–Crippen MR) is 55.4 cm³/mol. The molecule has 0 saturated heterocycles. The van der Waals surface area contributed by atoms with Crippen molar-refractivity contribution in [3.8, 4) is 0 Å². The molecule has 0 N–H and O–H groups in total. The standard InChI is InChI=1S/C12H14O/c1-3-10(2)12(9-13)11-7-5-4-6-8-11/h4-9H,3H2,1-2H3/b12-10+. The van der Waals surface area contributed by atoms with Crippen molar-refractivity contribution in [3.63, 3.8) is 0 Å². The monoisotopic (exact) mass is 174 g/mol. The van der Waals surface area contributed by atoms with Crippen LogP contribution >= 0.6 is 0 Å². The van der Waals surface area contributed by atoms with E-state index in [1.54, 1.807) is 0 Å². The Morgan fingerprint density at radius 1 is 1.31 bits per heavy atom. The zero-order valence-electron chi connectivity index (χ0n) is 8.08. The molecule has 0 spiro atoms. The number of carbonyl (C=O) groups excluding carboxylic acids is 1.